The molecule has 4 N–H and O–H groups in total. The molecule has 3 heteroatoms. The smallest absolute Gasteiger partial charge is 0.122 e. The highest BCUT2D eigenvalue weighted by Gasteiger charge is 2.12. The van der Waals surface area contributed by atoms with Gasteiger partial charge < -0.3 is 16.2 Å². The molecule has 0 fully saturated rings. The Balaban J connectivity index is 3.02. The Morgan fingerprint density at radius 1 is 1.33 bits per heavy atom. The molecule has 0 saturated carbocycles. The van der Waals surface area contributed by atoms with Gasteiger partial charge in [-0.15, -0.1) is 0 Å². The molecule has 0 amide bonds. The van der Waals surface area contributed by atoms with Gasteiger partial charge in [-0.05, 0) is 30.5 Å². The highest BCUT2D eigenvalue weighted by molar-refractivity contribution is 5.38. The van der Waals surface area contributed by atoms with Crippen LogP contribution in [0.15, 0.2) is 18.2 Å². The summed E-state index contributed by atoms with van der Waals surface area (Å²) in [7, 11) is 1.68. The van der Waals surface area contributed by atoms with E-state index < -0.39 is 0 Å². The molecule has 1 aromatic rings. The molecular formula is C12H20N2O. The largest absolute Gasteiger partial charge is 0.496 e. The fraction of sp³-hybridized carbons (Fsp3) is 0.500. The summed E-state index contributed by atoms with van der Waals surface area (Å²) in [5.74, 6) is 0.915. The molecule has 0 aliphatic heterocycles. The van der Waals surface area contributed by atoms with Crippen LogP contribution in [-0.2, 0) is 6.42 Å². The zero-order valence-corrected chi connectivity index (χ0v) is 9.66. The molecule has 0 aliphatic rings. The highest BCUT2D eigenvalue weighted by atomic mass is 16.5. The van der Waals surface area contributed by atoms with Crippen molar-refractivity contribution in [1.82, 2.24) is 0 Å². The molecule has 0 aliphatic carbocycles. The second-order valence-electron chi connectivity index (χ2n) is 3.81. The van der Waals surface area contributed by atoms with Gasteiger partial charge in [-0.25, -0.2) is 0 Å². The van der Waals surface area contributed by atoms with Gasteiger partial charge >= 0.3 is 0 Å². The summed E-state index contributed by atoms with van der Waals surface area (Å²) in [6.45, 7) is 4.01. The van der Waals surface area contributed by atoms with Crippen molar-refractivity contribution in [2.45, 2.75) is 32.4 Å². The zero-order valence-electron chi connectivity index (χ0n) is 9.66. The van der Waals surface area contributed by atoms with Gasteiger partial charge in [0.2, 0.25) is 0 Å². The van der Waals surface area contributed by atoms with Crippen LogP contribution in [0.4, 0.5) is 0 Å². The lowest BCUT2D eigenvalue weighted by Gasteiger charge is -2.18. The quantitative estimate of drug-likeness (QED) is 0.790. The van der Waals surface area contributed by atoms with Crippen molar-refractivity contribution in [1.29, 1.82) is 0 Å². The molecule has 2 atom stereocenters. The standard InChI is InChI=1S/C12H20N2O/c1-4-9-7-10(12(14)8(2)13)5-6-11(9)15-3/h5-8,12H,4,13-14H2,1-3H3. The molecule has 0 bridgehead atoms. The average molecular weight is 208 g/mol. The Labute approximate surface area is 91.4 Å². The molecule has 1 aromatic carbocycles. The predicted octanol–water partition coefficient (Wildman–Crippen LogP) is 1.60. The number of rotatable bonds is 4. The number of methoxy groups -OCH3 is 1. The van der Waals surface area contributed by atoms with E-state index in [1.165, 1.54) is 5.56 Å². The monoisotopic (exact) mass is 208 g/mol. The van der Waals surface area contributed by atoms with E-state index >= 15 is 0 Å². The zero-order chi connectivity index (χ0) is 11.4. The summed E-state index contributed by atoms with van der Waals surface area (Å²) in [5.41, 5.74) is 14.0. The highest BCUT2D eigenvalue weighted by Crippen LogP contribution is 2.23. The SMILES string of the molecule is CCc1cc(C(N)C(C)N)ccc1OC. The maximum atomic E-state index is 5.99. The van der Waals surface area contributed by atoms with E-state index in [1.54, 1.807) is 7.11 Å². The van der Waals surface area contributed by atoms with Crippen molar-refractivity contribution in [2.75, 3.05) is 7.11 Å². The van der Waals surface area contributed by atoms with Gasteiger partial charge in [-0.1, -0.05) is 19.1 Å². The minimum absolute atomic E-state index is 0.0388. The number of hydrogen-bond donors (Lipinski definition) is 2. The van der Waals surface area contributed by atoms with E-state index in [2.05, 4.69) is 13.0 Å². The fourth-order valence-electron chi connectivity index (χ4n) is 1.59. The first-order valence-corrected chi connectivity index (χ1v) is 5.28. The summed E-state index contributed by atoms with van der Waals surface area (Å²) >= 11 is 0. The van der Waals surface area contributed by atoms with Crippen LogP contribution in [0.1, 0.15) is 31.0 Å². The van der Waals surface area contributed by atoms with E-state index in [9.17, 15) is 0 Å². The molecule has 3 nitrogen and oxygen atoms in total. The van der Waals surface area contributed by atoms with Crippen LogP contribution >= 0.6 is 0 Å². The Kier molecular flexibility index (Phi) is 4.12. The van der Waals surface area contributed by atoms with Crippen LogP contribution in [0.5, 0.6) is 5.75 Å². The van der Waals surface area contributed by atoms with Crippen LogP contribution in [-0.4, -0.2) is 13.2 Å². The second-order valence-corrected chi connectivity index (χ2v) is 3.81. The van der Waals surface area contributed by atoms with Crippen molar-refractivity contribution in [2.24, 2.45) is 11.5 Å². The first-order chi connectivity index (χ1) is 7.10. The molecule has 1 rings (SSSR count). The lowest BCUT2D eigenvalue weighted by Crippen LogP contribution is -2.31. The maximum Gasteiger partial charge on any atom is 0.122 e. The number of aryl methyl sites for hydroxylation is 1. The van der Waals surface area contributed by atoms with E-state index in [0.717, 1.165) is 17.7 Å². The lowest BCUT2D eigenvalue weighted by atomic mass is 9.98. The topological polar surface area (TPSA) is 61.3 Å². The van der Waals surface area contributed by atoms with Crippen molar-refractivity contribution >= 4 is 0 Å². The molecule has 2 unspecified atom stereocenters. The summed E-state index contributed by atoms with van der Waals surface area (Å²) in [6.07, 6.45) is 0.933. The van der Waals surface area contributed by atoms with Crippen LogP contribution in [0.3, 0.4) is 0 Å². The number of benzene rings is 1. The summed E-state index contributed by atoms with van der Waals surface area (Å²) < 4.78 is 5.26. The van der Waals surface area contributed by atoms with Crippen LogP contribution < -0.4 is 16.2 Å². The first kappa shape index (κ1) is 12.0. The molecular weight excluding hydrogens is 188 g/mol. The lowest BCUT2D eigenvalue weighted by molar-refractivity contribution is 0.409. The average Bonchev–Trinajstić information content (AvgIpc) is 2.26. The maximum absolute atomic E-state index is 5.99. The molecule has 0 heterocycles. The van der Waals surface area contributed by atoms with E-state index in [-0.39, 0.29) is 12.1 Å². The Morgan fingerprint density at radius 3 is 2.47 bits per heavy atom. The summed E-state index contributed by atoms with van der Waals surface area (Å²) in [6, 6.07) is 5.86. The number of ether oxygens (including phenoxy) is 1. The van der Waals surface area contributed by atoms with Gasteiger partial charge in [0.1, 0.15) is 5.75 Å². The summed E-state index contributed by atoms with van der Waals surface area (Å²) in [4.78, 5) is 0. The molecule has 0 saturated heterocycles. The van der Waals surface area contributed by atoms with Crippen molar-refractivity contribution in [3.8, 4) is 5.75 Å². The van der Waals surface area contributed by atoms with Crippen molar-refractivity contribution < 1.29 is 4.74 Å². The van der Waals surface area contributed by atoms with Crippen molar-refractivity contribution in [3.63, 3.8) is 0 Å². The molecule has 84 valence electrons. The van der Waals surface area contributed by atoms with Crippen LogP contribution in [0.25, 0.3) is 0 Å². The van der Waals surface area contributed by atoms with Gasteiger partial charge in [0, 0.05) is 12.1 Å². The Bertz CT molecular complexity index is 323. The van der Waals surface area contributed by atoms with Crippen molar-refractivity contribution in [3.05, 3.63) is 29.3 Å². The van der Waals surface area contributed by atoms with E-state index in [1.807, 2.05) is 19.1 Å². The number of hydrogen-bond acceptors (Lipinski definition) is 3. The van der Waals surface area contributed by atoms with Gasteiger partial charge in [0.15, 0.2) is 0 Å². The normalized spacial score (nSPS) is 14.7. The van der Waals surface area contributed by atoms with E-state index in [0.29, 0.717) is 0 Å². The predicted molar refractivity (Wildman–Crippen MR) is 62.9 cm³/mol. The molecule has 15 heavy (non-hydrogen) atoms. The number of nitrogens with two attached hydrogens (primary N) is 2. The van der Waals surface area contributed by atoms with Crippen LogP contribution in [0.2, 0.25) is 0 Å². The molecule has 0 spiro atoms. The third kappa shape index (κ3) is 2.70. The summed E-state index contributed by atoms with van der Waals surface area (Å²) in [5, 5.41) is 0. The Morgan fingerprint density at radius 2 is 2.00 bits per heavy atom. The van der Waals surface area contributed by atoms with E-state index in [4.69, 9.17) is 16.2 Å². The van der Waals surface area contributed by atoms with Gasteiger partial charge in [0.25, 0.3) is 0 Å². The third-order valence-corrected chi connectivity index (χ3v) is 2.64. The first-order valence-electron chi connectivity index (χ1n) is 5.28. The third-order valence-electron chi connectivity index (χ3n) is 2.64. The van der Waals surface area contributed by atoms with Crippen LogP contribution in [0, 0.1) is 0 Å². The minimum Gasteiger partial charge on any atom is -0.496 e. The second kappa shape index (κ2) is 5.14. The van der Waals surface area contributed by atoms with Gasteiger partial charge in [-0.3, -0.25) is 0 Å². The molecule has 0 radical (unpaired) electrons. The van der Waals surface area contributed by atoms with Gasteiger partial charge in [-0.2, -0.15) is 0 Å². The molecule has 0 aromatic heterocycles. The van der Waals surface area contributed by atoms with Gasteiger partial charge in [0.05, 0.1) is 7.11 Å². The Hall–Kier alpha value is -1.06. The minimum atomic E-state index is -0.110. The fourth-order valence-corrected chi connectivity index (χ4v) is 1.59.